The number of nitrogens with two attached hydrogens (primary N) is 1. The van der Waals surface area contributed by atoms with E-state index in [2.05, 4.69) is 16.8 Å². The molecule has 0 bridgehead atoms. The van der Waals surface area contributed by atoms with Crippen LogP contribution in [0.2, 0.25) is 0 Å². The second kappa shape index (κ2) is 8.02. The molecule has 1 atom stereocenters. The van der Waals surface area contributed by atoms with Crippen molar-refractivity contribution < 1.29 is 9.47 Å². The molecule has 0 saturated heterocycles. The third kappa shape index (κ3) is 5.00. The Hall–Kier alpha value is -1.17. The first-order valence-electron chi connectivity index (χ1n) is 6.09. The van der Waals surface area contributed by atoms with Gasteiger partial charge in [-0.3, -0.25) is 9.88 Å². The molecule has 1 unspecified atom stereocenters. The number of anilines is 1. The van der Waals surface area contributed by atoms with Crippen molar-refractivity contribution in [3.63, 3.8) is 0 Å². The van der Waals surface area contributed by atoms with E-state index < -0.39 is 0 Å². The van der Waals surface area contributed by atoms with Crippen LogP contribution in [0.25, 0.3) is 0 Å². The molecule has 2 N–H and O–H groups in total. The Bertz CT molecular complexity index is 347. The van der Waals surface area contributed by atoms with E-state index >= 15 is 0 Å². The number of methoxy groups -OCH3 is 2. The molecule has 102 valence electrons. The molecule has 0 aliphatic carbocycles. The van der Waals surface area contributed by atoms with E-state index in [1.54, 1.807) is 26.5 Å². The van der Waals surface area contributed by atoms with Crippen molar-refractivity contribution >= 4 is 5.69 Å². The van der Waals surface area contributed by atoms with Crippen LogP contribution < -0.4 is 5.73 Å². The molecule has 1 aromatic rings. The van der Waals surface area contributed by atoms with Gasteiger partial charge in [0.1, 0.15) is 0 Å². The summed E-state index contributed by atoms with van der Waals surface area (Å²) in [6.07, 6.45) is 1.74. The molecule has 1 aromatic heterocycles. The average Bonchev–Trinajstić information content (AvgIpc) is 2.34. The molecule has 0 amide bonds. The van der Waals surface area contributed by atoms with Gasteiger partial charge in [0.25, 0.3) is 0 Å². The number of hydrogen-bond donors (Lipinski definition) is 1. The van der Waals surface area contributed by atoms with Crippen LogP contribution in [-0.4, -0.2) is 49.9 Å². The van der Waals surface area contributed by atoms with Crippen molar-refractivity contribution in [3.05, 3.63) is 24.0 Å². The van der Waals surface area contributed by atoms with Crippen LogP contribution in [0.4, 0.5) is 5.69 Å². The lowest BCUT2D eigenvalue weighted by molar-refractivity contribution is 0.0698. The van der Waals surface area contributed by atoms with E-state index in [1.165, 1.54) is 0 Å². The van der Waals surface area contributed by atoms with Crippen molar-refractivity contribution in [1.82, 2.24) is 9.88 Å². The summed E-state index contributed by atoms with van der Waals surface area (Å²) < 4.78 is 10.3. The lowest BCUT2D eigenvalue weighted by atomic mass is 10.2. The molecule has 18 heavy (non-hydrogen) atoms. The number of pyridine rings is 1. The van der Waals surface area contributed by atoms with Crippen LogP contribution in [0.15, 0.2) is 18.3 Å². The van der Waals surface area contributed by atoms with E-state index in [-0.39, 0.29) is 0 Å². The first-order chi connectivity index (χ1) is 8.67. The highest BCUT2D eigenvalue weighted by Gasteiger charge is 2.14. The fourth-order valence-electron chi connectivity index (χ4n) is 1.80. The predicted molar refractivity (Wildman–Crippen MR) is 72.3 cm³/mol. The summed E-state index contributed by atoms with van der Waals surface area (Å²) in [4.78, 5) is 6.60. The van der Waals surface area contributed by atoms with Gasteiger partial charge in [-0.1, -0.05) is 0 Å². The maximum atomic E-state index is 5.76. The van der Waals surface area contributed by atoms with Gasteiger partial charge in [-0.15, -0.1) is 0 Å². The summed E-state index contributed by atoms with van der Waals surface area (Å²) in [5.74, 6) is 0. The fourth-order valence-corrected chi connectivity index (χ4v) is 1.80. The molecule has 0 saturated carbocycles. The molecule has 1 heterocycles. The van der Waals surface area contributed by atoms with E-state index in [9.17, 15) is 0 Å². The van der Waals surface area contributed by atoms with Crippen LogP contribution in [0.3, 0.4) is 0 Å². The summed E-state index contributed by atoms with van der Waals surface area (Å²) in [5, 5.41) is 0. The summed E-state index contributed by atoms with van der Waals surface area (Å²) in [7, 11) is 3.42. The van der Waals surface area contributed by atoms with Crippen molar-refractivity contribution in [2.24, 2.45) is 0 Å². The van der Waals surface area contributed by atoms with E-state index in [4.69, 9.17) is 15.2 Å². The van der Waals surface area contributed by atoms with Crippen molar-refractivity contribution in [2.45, 2.75) is 19.5 Å². The molecule has 5 heteroatoms. The highest BCUT2D eigenvalue weighted by molar-refractivity contribution is 5.37. The highest BCUT2D eigenvalue weighted by Crippen LogP contribution is 2.09. The Labute approximate surface area is 109 Å². The largest absolute Gasteiger partial charge is 0.399 e. The van der Waals surface area contributed by atoms with Gasteiger partial charge in [-0.05, 0) is 19.1 Å². The standard InChI is InChI=1S/C13H23N3O2/c1-11(10-18-3)16(6-7-17-2)9-13-8-12(14)4-5-15-13/h4-5,8,11H,6-7,9-10H2,1-3H3,(H2,14,15). The minimum Gasteiger partial charge on any atom is -0.399 e. The molecule has 0 aromatic carbocycles. The quantitative estimate of drug-likeness (QED) is 0.753. The van der Waals surface area contributed by atoms with E-state index in [0.717, 1.165) is 24.5 Å². The first kappa shape index (κ1) is 14.9. The maximum absolute atomic E-state index is 5.76. The molecular formula is C13H23N3O2. The zero-order chi connectivity index (χ0) is 13.4. The van der Waals surface area contributed by atoms with Gasteiger partial charge in [-0.25, -0.2) is 0 Å². The van der Waals surface area contributed by atoms with Gasteiger partial charge in [0, 0.05) is 45.2 Å². The van der Waals surface area contributed by atoms with Crippen LogP contribution >= 0.6 is 0 Å². The summed E-state index contributed by atoms with van der Waals surface area (Å²) >= 11 is 0. The normalized spacial score (nSPS) is 12.9. The van der Waals surface area contributed by atoms with E-state index in [0.29, 0.717) is 19.3 Å². The second-order valence-corrected chi connectivity index (χ2v) is 4.35. The zero-order valence-corrected chi connectivity index (χ0v) is 11.4. The third-order valence-corrected chi connectivity index (χ3v) is 2.82. The molecule has 5 nitrogen and oxygen atoms in total. The monoisotopic (exact) mass is 253 g/mol. The van der Waals surface area contributed by atoms with Gasteiger partial charge in [0.15, 0.2) is 0 Å². The van der Waals surface area contributed by atoms with Gasteiger partial charge in [0.05, 0.1) is 18.9 Å². The molecule has 0 radical (unpaired) electrons. The molecular weight excluding hydrogens is 230 g/mol. The smallest absolute Gasteiger partial charge is 0.0615 e. The minimum atomic E-state index is 0.313. The third-order valence-electron chi connectivity index (χ3n) is 2.82. The Morgan fingerprint density at radius 1 is 1.39 bits per heavy atom. The van der Waals surface area contributed by atoms with Gasteiger partial charge >= 0.3 is 0 Å². The Kier molecular flexibility index (Phi) is 6.64. The van der Waals surface area contributed by atoms with Crippen LogP contribution in [0.5, 0.6) is 0 Å². The van der Waals surface area contributed by atoms with Crippen molar-refractivity contribution in [1.29, 1.82) is 0 Å². The fraction of sp³-hybridized carbons (Fsp3) is 0.615. The van der Waals surface area contributed by atoms with Gasteiger partial charge < -0.3 is 15.2 Å². The summed E-state index contributed by atoms with van der Waals surface area (Å²) in [6, 6.07) is 4.01. The molecule has 0 spiro atoms. The number of nitrogens with zero attached hydrogens (tertiary/aromatic N) is 2. The van der Waals surface area contributed by atoms with Crippen molar-refractivity contribution in [2.75, 3.05) is 39.7 Å². The molecule has 0 aliphatic rings. The topological polar surface area (TPSA) is 60.6 Å². The van der Waals surface area contributed by atoms with Crippen LogP contribution in [0, 0.1) is 0 Å². The molecule has 0 aliphatic heterocycles. The SMILES string of the molecule is COCCN(Cc1cc(N)ccn1)C(C)COC. The number of ether oxygens (including phenoxy) is 2. The maximum Gasteiger partial charge on any atom is 0.0615 e. The number of aromatic nitrogens is 1. The lowest BCUT2D eigenvalue weighted by Crippen LogP contribution is -2.38. The van der Waals surface area contributed by atoms with E-state index in [1.807, 2.05) is 6.07 Å². The number of rotatable bonds is 8. The Morgan fingerprint density at radius 3 is 2.78 bits per heavy atom. The van der Waals surface area contributed by atoms with Gasteiger partial charge in [0.2, 0.25) is 0 Å². The average molecular weight is 253 g/mol. The van der Waals surface area contributed by atoms with Crippen LogP contribution in [-0.2, 0) is 16.0 Å². The Balaban J connectivity index is 2.64. The van der Waals surface area contributed by atoms with Crippen LogP contribution in [0.1, 0.15) is 12.6 Å². The number of nitrogen functional groups attached to an aromatic ring is 1. The number of hydrogen-bond acceptors (Lipinski definition) is 5. The lowest BCUT2D eigenvalue weighted by Gasteiger charge is -2.28. The van der Waals surface area contributed by atoms with Crippen molar-refractivity contribution in [3.8, 4) is 0 Å². The minimum absolute atomic E-state index is 0.313. The molecule has 1 rings (SSSR count). The first-order valence-corrected chi connectivity index (χ1v) is 6.09. The molecule has 0 fully saturated rings. The Morgan fingerprint density at radius 2 is 2.17 bits per heavy atom. The highest BCUT2D eigenvalue weighted by atomic mass is 16.5. The van der Waals surface area contributed by atoms with Gasteiger partial charge in [-0.2, -0.15) is 0 Å². The summed E-state index contributed by atoms with van der Waals surface area (Å²) in [5.41, 5.74) is 7.47. The zero-order valence-electron chi connectivity index (χ0n) is 11.4. The predicted octanol–water partition coefficient (Wildman–Crippen LogP) is 1.15. The second-order valence-electron chi connectivity index (χ2n) is 4.35. The summed E-state index contributed by atoms with van der Waals surface area (Å²) in [6.45, 7) is 5.10.